The van der Waals surface area contributed by atoms with E-state index in [1.807, 2.05) is 13.0 Å². The number of aryl methyl sites for hydroxylation is 1. The lowest BCUT2D eigenvalue weighted by molar-refractivity contribution is 0.102. The molecule has 0 aliphatic rings. The Labute approximate surface area is 126 Å². The molecular weight excluding hydrogens is 294 g/mol. The van der Waals surface area contributed by atoms with Gasteiger partial charge >= 0.3 is 0 Å². The number of thiophene rings is 1. The van der Waals surface area contributed by atoms with Crippen LogP contribution >= 0.6 is 22.7 Å². The molecule has 0 radical (unpaired) electrons. The maximum Gasteiger partial charge on any atom is 0.271 e. The van der Waals surface area contributed by atoms with E-state index in [1.54, 1.807) is 7.11 Å². The van der Waals surface area contributed by atoms with Crippen LogP contribution in [0, 0.1) is 6.92 Å². The summed E-state index contributed by atoms with van der Waals surface area (Å²) in [6.45, 7) is 8.12. The number of anilines is 1. The molecule has 2 aromatic heterocycles. The van der Waals surface area contributed by atoms with Crippen molar-refractivity contribution in [2.45, 2.75) is 33.1 Å². The van der Waals surface area contributed by atoms with Gasteiger partial charge in [-0.1, -0.05) is 32.1 Å². The predicted molar refractivity (Wildman–Crippen MR) is 82.2 cm³/mol. The Morgan fingerprint density at radius 1 is 1.30 bits per heavy atom. The summed E-state index contributed by atoms with van der Waals surface area (Å²) in [4.78, 5) is 13.8. The first-order valence-electron chi connectivity index (χ1n) is 6.11. The number of rotatable bonds is 3. The number of carbonyl (C=O) groups is 1. The Bertz CT molecular complexity index is 626. The number of hydrogen-bond donors (Lipinski definition) is 1. The van der Waals surface area contributed by atoms with Crippen molar-refractivity contribution in [3.05, 3.63) is 20.8 Å². The van der Waals surface area contributed by atoms with Crippen molar-refractivity contribution >= 4 is 33.7 Å². The minimum absolute atomic E-state index is 0.0716. The average molecular weight is 311 g/mol. The van der Waals surface area contributed by atoms with Crippen LogP contribution in [0.4, 0.5) is 5.13 Å². The molecule has 0 atom stereocenters. The Hall–Kier alpha value is -1.47. The second-order valence-corrected chi connectivity index (χ2v) is 7.60. The van der Waals surface area contributed by atoms with Gasteiger partial charge in [0.05, 0.1) is 7.11 Å². The second kappa shape index (κ2) is 5.49. The molecule has 2 heterocycles. The molecule has 5 nitrogen and oxygen atoms in total. The van der Waals surface area contributed by atoms with Gasteiger partial charge in [0, 0.05) is 10.3 Å². The Balaban J connectivity index is 2.17. The van der Waals surface area contributed by atoms with E-state index in [0.29, 0.717) is 15.8 Å². The summed E-state index contributed by atoms with van der Waals surface area (Å²) < 4.78 is 5.20. The van der Waals surface area contributed by atoms with Crippen molar-refractivity contribution in [3.8, 4) is 5.75 Å². The SMILES string of the molecule is COc1cc(C)sc1C(=O)Nc1nnc(C(C)(C)C)s1. The van der Waals surface area contributed by atoms with Gasteiger partial charge in [0.2, 0.25) is 5.13 Å². The third-order valence-electron chi connectivity index (χ3n) is 2.53. The zero-order chi connectivity index (χ0) is 14.9. The van der Waals surface area contributed by atoms with Crippen molar-refractivity contribution in [2.24, 2.45) is 0 Å². The molecule has 0 spiro atoms. The van der Waals surface area contributed by atoms with Crippen molar-refractivity contribution in [3.63, 3.8) is 0 Å². The van der Waals surface area contributed by atoms with Gasteiger partial charge in [-0.05, 0) is 13.0 Å². The van der Waals surface area contributed by atoms with Crippen molar-refractivity contribution < 1.29 is 9.53 Å². The fourth-order valence-corrected chi connectivity index (χ4v) is 3.20. The molecule has 20 heavy (non-hydrogen) atoms. The number of ether oxygens (including phenoxy) is 1. The fourth-order valence-electron chi connectivity index (χ4n) is 1.53. The van der Waals surface area contributed by atoms with Crippen LogP contribution in [0.2, 0.25) is 0 Å². The van der Waals surface area contributed by atoms with E-state index in [-0.39, 0.29) is 11.3 Å². The first-order valence-corrected chi connectivity index (χ1v) is 7.74. The maximum atomic E-state index is 12.2. The second-order valence-electron chi connectivity index (χ2n) is 5.37. The number of nitrogens with one attached hydrogen (secondary N) is 1. The fraction of sp³-hybridized carbons (Fsp3) is 0.462. The van der Waals surface area contributed by atoms with Gasteiger partial charge in [0.1, 0.15) is 15.6 Å². The average Bonchev–Trinajstić information content (AvgIpc) is 2.94. The predicted octanol–water partition coefficient (Wildman–Crippen LogP) is 3.47. The molecule has 0 aliphatic carbocycles. The number of amides is 1. The van der Waals surface area contributed by atoms with E-state index in [9.17, 15) is 4.79 Å². The molecule has 0 aromatic carbocycles. The van der Waals surface area contributed by atoms with Crippen LogP contribution in [0.5, 0.6) is 5.75 Å². The minimum atomic E-state index is -0.212. The van der Waals surface area contributed by atoms with Crippen molar-refractivity contribution in [1.82, 2.24) is 10.2 Å². The summed E-state index contributed by atoms with van der Waals surface area (Å²) in [5.41, 5.74) is -0.0716. The molecule has 0 bridgehead atoms. The number of hydrogen-bond acceptors (Lipinski definition) is 6. The van der Waals surface area contributed by atoms with Gasteiger partial charge in [-0.25, -0.2) is 0 Å². The minimum Gasteiger partial charge on any atom is -0.495 e. The first-order chi connectivity index (χ1) is 9.31. The van der Waals surface area contributed by atoms with Gasteiger partial charge in [-0.15, -0.1) is 21.5 Å². The molecule has 7 heteroatoms. The number of carbonyl (C=O) groups excluding carboxylic acids is 1. The third kappa shape index (κ3) is 3.16. The van der Waals surface area contributed by atoms with Crippen LogP contribution in [0.1, 0.15) is 40.3 Å². The number of methoxy groups -OCH3 is 1. The highest BCUT2D eigenvalue weighted by Gasteiger charge is 2.21. The number of aromatic nitrogens is 2. The van der Waals surface area contributed by atoms with Crippen molar-refractivity contribution in [1.29, 1.82) is 0 Å². The summed E-state index contributed by atoms with van der Waals surface area (Å²) in [6, 6.07) is 1.85. The van der Waals surface area contributed by atoms with E-state index in [2.05, 4.69) is 36.3 Å². The van der Waals surface area contributed by atoms with Gasteiger partial charge in [0.25, 0.3) is 5.91 Å². The third-order valence-corrected chi connectivity index (χ3v) is 4.83. The van der Waals surface area contributed by atoms with Crippen molar-refractivity contribution in [2.75, 3.05) is 12.4 Å². The van der Waals surface area contributed by atoms with Gasteiger partial charge in [-0.2, -0.15) is 0 Å². The zero-order valence-corrected chi connectivity index (χ0v) is 13.7. The van der Waals surface area contributed by atoms with E-state index in [1.165, 1.54) is 22.7 Å². The monoisotopic (exact) mass is 311 g/mol. The molecule has 108 valence electrons. The highest BCUT2D eigenvalue weighted by molar-refractivity contribution is 7.16. The number of nitrogens with zero attached hydrogens (tertiary/aromatic N) is 2. The summed E-state index contributed by atoms with van der Waals surface area (Å²) in [5, 5.41) is 12.3. The van der Waals surface area contributed by atoms with Gasteiger partial charge in [-0.3, -0.25) is 10.1 Å². The molecule has 0 saturated heterocycles. The highest BCUT2D eigenvalue weighted by Crippen LogP contribution is 2.31. The smallest absolute Gasteiger partial charge is 0.271 e. The normalized spacial score (nSPS) is 11.4. The molecule has 0 aliphatic heterocycles. The lowest BCUT2D eigenvalue weighted by atomic mass is 9.98. The largest absolute Gasteiger partial charge is 0.495 e. The van der Waals surface area contributed by atoms with Gasteiger partial charge in [0.15, 0.2) is 0 Å². The molecular formula is C13H17N3O2S2. The molecule has 0 fully saturated rings. The molecule has 2 aromatic rings. The van der Waals surface area contributed by atoms with Crippen LogP contribution in [0.15, 0.2) is 6.07 Å². The van der Waals surface area contributed by atoms with Gasteiger partial charge < -0.3 is 4.74 Å². The topological polar surface area (TPSA) is 64.1 Å². The molecule has 0 unspecified atom stereocenters. The first kappa shape index (κ1) is 14.9. The van der Waals surface area contributed by atoms with E-state index in [4.69, 9.17) is 4.74 Å². The maximum absolute atomic E-state index is 12.2. The molecule has 2 rings (SSSR count). The Morgan fingerprint density at radius 2 is 2.00 bits per heavy atom. The molecule has 1 amide bonds. The quantitative estimate of drug-likeness (QED) is 0.942. The lowest BCUT2D eigenvalue weighted by Crippen LogP contribution is -2.11. The van der Waals surface area contributed by atoms with Crippen LogP contribution in [0.3, 0.4) is 0 Å². The summed E-state index contributed by atoms with van der Waals surface area (Å²) >= 11 is 2.79. The van der Waals surface area contributed by atoms with E-state index >= 15 is 0 Å². The van der Waals surface area contributed by atoms with Crippen LogP contribution in [-0.2, 0) is 5.41 Å². The zero-order valence-electron chi connectivity index (χ0n) is 12.1. The molecule has 1 N–H and O–H groups in total. The molecule has 0 saturated carbocycles. The highest BCUT2D eigenvalue weighted by atomic mass is 32.1. The summed E-state index contributed by atoms with van der Waals surface area (Å²) in [5.74, 6) is 0.377. The Kier molecular flexibility index (Phi) is 4.10. The Morgan fingerprint density at radius 3 is 2.55 bits per heavy atom. The van der Waals surface area contributed by atoms with E-state index < -0.39 is 0 Å². The summed E-state index contributed by atoms with van der Waals surface area (Å²) in [6.07, 6.45) is 0. The lowest BCUT2D eigenvalue weighted by Gasteiger charge is -2.12. The van der Waals surface area contributed by atoms with E-state index in [0.717, 1.165) is 9.88 Å². The summed E-state index contributed by atoms with van der Waals surface area (Å²) in [7, 11) is 1.56. The van der Waals surface area contributed by atoms with Crippen LogP contribution < -0.4 is 10.1 Å². The van der Waals surface area contributed by atoms with Crippen LogP contribution in [-0.4, -0.2) is 23.2 Å². The standard InChI is InChI=1S/C13H17N3O2S2/c1-7-6-8(18-5)9(19-7)10(17)14-12-16-15-11(20-12)13(2,3)4/h6H,1-5H3,(H,14,16,17). The van der Waals surface area contributed by atoms with Crippen LogP contribution in [0.25, 0.3) is 0 Å².